The average molecular weight is 372 g/mol. The average Bonchev–Trinajstić information content (AvgIpc) is 2.62. The number of carbonyl (C=O) groups excluding carboxylic acids is 1. The molecule has 0 spiro atoms. The minimum Gasteiger partial charge on any atom is -0.326 e. The Bertz CT molecular complexity index is 866. The zero-order valence-electron chi connectivity index (χ0n) is 14.9. The lowest BCUT2D eigenvalue weighted by molar-refractivity contribution is -0.119. The van der Waals surface area contributed by atoms with E-state index in [-0.39, 0.29) is 17.6 Å². The van der Waals surface area contributed by atoms with Crippen molar-refractivity contribution in [1.82, 2.24) is 0 Å². The molecule has 1 unspecified atom stereocenters. The van der Waals surface area contributed by atoms with Crippen LogP contribution < -0.4 is 9.62 Å². The fraction of sp³-hybridized carbons (Fsp3) is 0.350. The monoisotopic (exact) mass is 372 g/mol. The van der Waals surface area contributed by atoms with E-state index < -0.39 is 10.0 Å². The van der Waals surface area contributed by atoms with Gasteiger partial charge in [-0.15, -0.1) is 0 Å². The molecular formula is C20H24N2O3S. The first-order valence-corrected chi connectivity index (χ1v) is 10.5. The molecule has 3 rings (SSSR count). The summed E-state index contributed by atoms with van der Waals surface area (Å²) in [7, 11) is -3.26. The summed E-state index contributed by atoms with van der Waals surface area (Å²) in [5.41, 5.74) is 2.34. The molecule has 26 heavy (non-hydrogen) atoms. The topological polar surface area (TPSA) is 66.5 Å². The quantitative estimate of drug-likeness (QED) is 0.874. The summed E-state index contributed by atoms with van der Waals surface area (Å²) in [4.78, 5) is 12.5. The van der Waals surface area contributed by atoms with Crippen molar-refractivity contribution in [3.8, 4) is 0 Å². The van der Waals surface area contributed by atoms with E-state index in [0.29, 0.717) is 30.8 Å². The predicted molar refractivity (Wildman–Crippen MR) is 105 cm³/mol. The number of sulfonamides is 1. The van der Waals surface area contributed by atoms with Gasteiger partial charge >= 0.3 is 0 Å². The van der Waals surface area contributed by atoms with Crippen molar-refractivity contribution in [3.05, 3.63) is 60.2 Å². The molecule has 2 aromatic carbocycles. The van der Waals surface area contributed by atoms with Crippen molar-refractivity contribution in [2.75, 3.05) is 21.9 Å². The zero-order chi connectivity index (χ0) is 18.6. The number of nitrogens with one attached hydrogen (secondary N) is 1. The smallest absolute Gasteiger partial charge is 0.235 e. The third kappa shape index (κ3) is 4.43. The molecule has 1 fully saturated rings. The molecule has 1 saturated heterocycles. The minimum atomic E-state index is -3.26. The maximum Gasteiger partial charge on any atom is 0.235 e. The Balaban J connectivity index is 1.69. The highest BCUT2D eigenvalue weighted by Crippen LogP contribution is 2.26. The summed E-state index contributed by atoms with van der Waals surface area (Å²) in [6.07, 6.45) is 2.21. The summed E-state index contributed by atoms with van der Waals surface area (Å²) in [5.74, 6) is -0.0789. The van der Waals surface area contributed by atoms with Gasteiger partial charge in [-0.3, -0.25) is 9.10 Å². The van der Waals surface area contributed by atoms with E-state index in [1.807, 2.05) is 37.3 Å². The van der Waals surface area contributed by atoms with Gasteiger partial charge in [-0.25, -0.2) is 8.42 Å². The standard InChI is InChI=1S/C20H24N2O3S/c1-16(14-17-8-3-2-4-9-17)20(23)21-18-10-7-11-19(15-18)22-12-5-6-13-26(22,24)25/h2-4,7-11,15-16H,5-6,12-14H2,1H3,(H,21,23). The van der Waals surface area contributed by atoms with Gasteiger partial charge in [0.2, 0.25) is 15.9 Å². The van der Waals surface area contributed by atoms with Gasteiger partial charge in [0.05, 0.1) is 11.4 Å². The first-order valence-electron chi connectivity index (χ1n) is 8.91. The van der Waals surface area contributed by atoms with Crippen LogP contribution in [0.4, 0.5) is 11.4 Å². The van der Waals surface area contributed by atoms with Gasteiger partial charge in [-0.2, -0.15) is 0 Å². The second-order valence-electron chi connectivity index (χ2n) is 6.73. The van der Waals surface area contributed by atoms with Gasteiger partial charge in [0.15, 0.2) is 0 Å². The van der Waals surface area contributed by atoms with Crippen molar-refractivity contribution < 1.29 is 13.2 Å². The van der Waals surface area contributed by atoms with E-state index in [4.69, 9.17) is 0 Å². The van der Waals surface area contributed by atoms with Crippen LogP contribution in [0.1, 0.15) is 25.3 Å². The van der Waals surface area contributed by atoms with Gasteiger partial charge in [0.1, 0.15) is 0 Å². The van der Waals surface area contributed by atoms with Crippen molar-refractivity contribution >= 4 is 27.3 Å². The Morgan fingerprint density at radius 3 is 2.62 bits per heavy atom. The third-order valence-corrected chi connectivity index (χ3v) is 6.45. The largest absolute Gasteiger partial charge is 0.326 e. The fourth-order valence-corrected chi connectivity index (χ4v) is 4.77. The molecule has 1 atom stereocenters. The molecule has 0 saturated carbocycles. The first-order chi connectivity index (χ1) is 12.5. The summed E-state index contributed by atoms with van der Waals surface area (Å²) >= 11 is 0. The second kappa shape index (κ2) is 7.91. The number of nitrogens with zero attached hydrogens (tertiary/aromatic N) is 1. The normalized spacial score (nSPS) is 17.5. The van der Waals surface area contributed by atoms with Crippen LogP contribution in [-0.4, -0.2) is 26.6 Å². The van der Waals surface area contributed by atoms with Crippen LogP contribution in [0, 0.1) is 5.92 Å². The summed E-state index contributed by atoms with van der Waals surface area (Å²) in [6.45, 7) is 2.38. The molecule has 0 bridgehead atoms. The molecule has 1 aliphatic heterocycles. The van der Waals surface area contributed by atoms with Crippen LogP contribution in [0.5, 0.6) is 0 Å². The van der Waals surface area contributed by atoms with E-state index >= 15 is 0 Å². The number of hydrogen-bond acceptors (Lipinski definition) is 3. The van der Waals surface area contributed by atoms with Crippen LogP contribution >= 0.6 is 0 Å². The molecule has 6 heteroatoms. The minimum absolute atomic E-state index is 0.0764. The van der Waals surface area contributed by atoms with E-state index in [1.54, 1.807) is 24.3 Å². The van der Waals surface area contributed by atoms with Gasteiger partial charge in [0.25, 0.3) is 0 Å². The Morgan fingerprint density at radius 2 is 1.88 bits per heavy atom. The second-order valence-corrected chi connectivity index (χ2v) is 8.74. The molecule has 0 aromatic heterocycles. The molecule has 138 valence electrons. The SMILES string of the molecule is CC(Cc1ccccc1)C(=O)Nc1cccc(N2CCCCS2(=O)=O)c1. The third-order valence-electron chi connectivity index (χ3n) is 4.58. The summed E-state index contributed by atoms with van der Waals surface area (Å²) < 4.78 is 26.0. The number of hydrogen-bond donors (Lipinski definition) is 1. The molecule has 1 amide bonds. The molecule has 0 aliphatic carbocycles. The van der Waals surface area contributed by atoms with Gasteiger partial charge in [0, 0.05) is 18.2 Å². The fourth-order valence-electron chi connectivity index (χ4n) is 3.14. The molecule has 1 N–H and O–H groups in total. The van der Waals surface area contributed by atoms with Crippen molar-refractivity contribution in [2.45, 2.75) is 26.2 Å². The molecule has 1 aliphatic rings. The van der Waals surface area contributed by atoms with Crippen LogP contribution in [0.25, 0.3) is 0 Å². The Kier molecular flexibility index (Phi) is 5.61. The Hall–Kier alpha value is -2.34. The van der Waals surface area contributed by atoms with Crippen LogP contribution in [-0.2, 0) is 21.2 Å². The highest BCUT2D eigenvalue weighted by atomic mass is 32.2. The molecule has 5 nitrogen and oxygen atoms in total. The number of carbonyl (C=O) groups is 1. The van der Waals surface area contributed by atoms with Crippen molar-refractivity contribution in [3.63, 3.8) is 0 Å². The van der Waals surface area contributed by atoms with Crippen LogP contribution in [0.2, 0.25) is 0 Å². The Morgan fingerprint density at radius 1 is 1.12 bits per heavy atom. The lowest BCUT2D eigenvalue weighted by Gasteiger charge is -2.28. The van der Waals surface area contributed by atoms with Crippen molar-refractivity contribution in [2.24, 2.45) is 5.92 Å². The molecule has 2 aromatic rings. The number of rotatable bonds is 5. The highest BCUT2D eigenvalue weighted by molar-refractivity contribution is 7.92. The van der Waals surface area contributed by atoms with Gasteiger partial charge < -0.3 is 5.32 Å². The number of amides is 1. The zero-order valence-corrected chi connectivity index (χ0v) is 15.7. The predicted octanol–water partition coefficient (Wildman–Crippen LogP) is 3.43. The maximum absolute atomic E-state index is 12.5. The van der Waals surface area contributed by atoms with Gasteiger partial charge in [-0.1, -0.05) is 43.3 Å². The summed E-state index contributed by atoms with van der Waals surface area (Å²) in [6, 6.07) is 16.9. The highest BCUT2D eigenvalue weighted by Gasteiger charge is 2.26. The number of benzene rings is 2. The van der Waals surface area contributed by atoms with Crippen LogP contribution in [0.3, 0.4) is 0 Å². The lowest BCUT2D eigenvalue weighted by atomic mass is 10.0. The molecular weight excluding hydrogens is 348 g/mol. The van der Waals surface area contributed by atoms with E-state index in [0.717, 1.165) is 12.0 Å². The first kappa shape index (κ1) is 18.5. The molecule has 0 radical (unpaired) electrons. The summed E-state index contributed by atoms with van der Waals surface area (Å²) in [5, 5.41) is 2.91. The van der Waals surface area contributed by atoms with E-state index in [1.165, 1.54) is 4.31 Å². The number of anilines is 2. The lowest BCUT2D eigenvalue weighted by Crippen LogP contribution is -2.37. The van der Waals surface area contributed by atoms with Crippen LogP contribution in [0.15, 0.2) is 54.6 Å². The van der Waals surface area contributed by atoms with Gasteiger partial charge in [-0.05, 0) is 43.0 Å². The van der Waals surface area contributed by atoms with Crippen molar-refractivity contribution in [1.29, 1.82) is 0 Å². The molecule has 1 heterocycles. The Labute approximate surface area is 155 Å². The van der Waals surface area contributed by atoms with E-state index in [2.05, 4.69) is 5.32 Å². The maximum atomic E-state index is 12.5. The van der Waals surface area contributed by atoms with E-state index in [9.17, 15) is 13.2 Å².